The maximum atomic E-state index is 12.4. The van der Waals surface area contributed by atoms with Gasteiger partial charge in [-0.25, -0.2) is 13.1 Å². The Morgan fingerprint density at radius 1 is 1.36 bits per heavy atom. The SMILES string of the molecule is CS(=O)(=O)NCC1CCCCN1C(=O)CCCNC(=O)c1ccsc1. The first-order chi connectivity index (χ1) is 11.9. The molecule has 1 aromatic rings. The number of sulfonamides is 1. The number of nitrogens with one attached hydrogen (secondary N) is 2. The van der Waals surface area contributed by atoms with Gasteiger partial charge in [0.15, 0.2) is 0 Å². The van der Waals surface area contributed by atoms with Gasteiger partial charge in [-0.2, -0.15) is 11.3 Å². The second-order valence-corrected chi connectivity index (χ2v) is 8.84. The highest BCUT2D eigenvalue weighted by atomic mass is 32.2. The van der Waals surface area contributed by atoms with Gasteiger partial charge in [-0.15, -0.1) is 0 Å². The molecule has 2 rings (SSSR count). The zero-order valence-corrected chi connectivity index (χ0v) is 16.0. The van der Waals surface area contributed by atoms with Gasteiger partial charge in [0.05, 0.1) is 6.26 Å². The Kier molecular flexibility index (Phi) is 7.39. The lowest BCUT2D eigenvalue weighted by Gasteiger charge is -2.36. The molecule has 25 heavy (non-hydrogen) atoms. The second kappa shape index (κ2) is 9.30. The summed E-state index contributed by atoms with van der Waals surface area (Å²) in [7, 11) is -3.26. The summed E-state index contributed by atoms with van der Waals surface area (Å²) in [5.41, 5.74) is 0.638. The van der Waals surface area contributed by atoms with Crippen molar-refractivity contribution in [1.29, 1.82) is 0 Å². The zero-order chi connectivity index (χ0) is 18.3. The number of hydrogen-bond donors (Lipinski definition) is 2. The van der Waals surface area contributed by atoms with Gasteiger partial charge in [0.1, 0.15) is 0 Å². The van der Waals surface area contributed by atoms with E-state index in [0.29, 0.717) is 31.5 Å². The molecule has 1 aliphatic rings. The number of carbonyl (C=O) groups is 2. The second-order valence-electron chi connectivity index (χ2n) is 6.23. The molecule has 0 saturated carbocycles. The summed E-state index contributed by atoms with van der Waals surface area (Å²) >= 11 is 1.47. The quantitative estimate of drug-likeness (QED) is 0.655. The van der Waals surface area contributed by atoms with Gasteiger partial charge in [0.25, 0.3) is 5.91 Å². The van der Waals surface area contributed by atoms with Crippen LogP contribution in [0.25, 0.3) is 0 Å². The summed E-state index contributed by atoms with van der Waals surface area (Å²) in [5.74, 6) is -0.105. The highest BCUT2D eigenvalue weighted by Crippen LogP contribution is 2.18. The summed E-state index contributed by atoms with van der Waals surface area (Å²) in [6, 6.07) is 1.68. The molecule has 9 heteroatoms. The normalized spacial score (nSPS) is 18.1. The van der Waals surface area contributed by atoms with Crippen LogP contribution in [0.15, 0.2) is 16.8 Å². The van der Waals surface area contributed by atoms with Crippen LogP contribution in [0.1, 0.15) is 42.5 Å². The molecule has 1 fully saturated rings. The van der Waals surface area contributed by atoms with Crippen molar-refractivity contribution in [3.05, 3.63) is 22.4 Å². The Morgan fingerprint density at radius 2 is 2.16 bits per heavy atom. The molecule has 2 heterocycles. The third kappa shape index (κ3) is 6.75. The minimum Gasteiger partial charge on any atom is -0.352 e. The molecule has 1 atom stereocenters. The number of hydrogen-bond acceptors (Lipinski definition) is 5. The van der Waals surface area contributed by atoms with Gasteiger partial charge in [-0.05, 0) is 37.1 Å². The van der Waals surface area contributed by atoms with Gasteiger partial charge in [-0.1, -0.05) is 0 Å². The molecule has 2 amide bonds. The maximum Gasteiger partial charge on any atom is 0.252 e. The van der Waals surface area contributed by atoms with Crippen molar-refractivity contribution in [2.24, 2.45) is 0 Å². The van der Waals surface area contributed by atoms with E-state index in [4.69, 9.17) is 0 Å². The van der Waals surface area contributed by atoms with Crippen LogP contribution in [0.5, 0.6) is 0 Å². The summed E-state index contributed by atoms with van der Waals surface area (Å²) in [6.45, 7) is 1.37. The van der Waals surface area contributed by atoms with Crippen LogP contribution in [0.4, 0.5) is 0 Å². The maximum absolute atomic E-state index is 12.4. The predicted octanol–water partition coefficient (Wildman–Crippen LogP) is 1.19. The van der Waals surface area contributed by atoms with E-state index in [9.17, 15) is 18.0 Å². The van der Waals surface area contributed by atoms with E-state index in [0.717, 1.165) is 25.5 Å². The van der Waals surface area contributed by atoms with Crippen molar-refractivity contribution < 1.29 is 18.0 Å². The van der Waals surface area contributed by atoms with Crippen molar-refractivity contribution >= 4 is 33.2 Å². The van der Waals surface area contributed by atoms with Crippen molar-refractivity contribution in [1.82, 2.24) is 14.9 Å². The molecule has 1 aliphatic heterocycles. The first-order valence-electron chi connectivity index (χ1n) is 8.41. The van der Waals surface area contributed by atoms with Crippen LogP contribution in [0.3, 0.4) is 0 Å². The molecule has 2 N–H and O–H groups in total. The van der Waals surface area contributed by atoms with Gasteiger partial charge in [0, 0.05) is 43.0 Å². The zero-order valence-electron chi connectivity index (χ0n) is 14.4. The number of piperidine rings is 1. The van der Waals surface area contributed by atoms with E-state index >= 15 is 0 Å². The number of thiophene rings is 1. The Bertz CT molecular complexity index is 674. The minimum absolute atomic E-state index is 0.0183. The lowest BCUT2D eigenvalue weighted by molar-refractivity contribution is -0.134. The largest absolute Gasteiger partial charge is 0.352 e. The number of carbonyl (C=O) groups excluding carboxylic acids is 2. The van der Waals surface area contributed by atoms with E-state index in [-0.39, 0.29) is 24.4 Å². The average Bonchev–Trinajstić information content (AvgIpc) is 3.11. The predicted molar refractivity (Wildman–Crippen MR) is 98.1 cm³/mol. The van der Waals surface area contributed by atoms with Crippen molar-refractivity contribution in [2.45, 2.75) is 38.1 Å². The molecular weight excluding hydrogens is 362 g/mol. The number of rotatable bonds is 8. The lowest BCUT2D eigenvalue weighted by Crippen LogP contribution is -2.49. The van der Waals surface area contributed by atoms with E-state index < -0.39 is 10.0 Å². The van der Waals surface area contributed by atoms with E-state index in [1.807, 2.05) is 5.38 Å². The van der Waals surface area contributed by atoms with E-state index in [1.165, 1.54) is 11.3 Å². The van der Waals surface area contributed by atoms with E-state index in [1.54, 1.807) is 16.3 Å². The summed E-state index contributed by atoms with van der Waals surface area (Å²) in [4.78, 5) is 26.0. The summed E-state index contributed by atoms with van der Waals surface area (Å²) in [5, 5.41) is 6.44. The molecule has 0 radical (unpaired) electrons. The van der Waals surface area contributed by atoms with Crippen LogP contribution in [0, 0.1) is 0 Å². The third-order valence-electron chi connectivity index (χ3n) is 4.16. The Balaban J connectivity index is 1.74. The van der Waals surface area contributed by atoms with Gasteiger partial charge >= 0.3 is 0 Å². The van der Waals surface area contributed by atoms with Crippen molar-refractivity contribution in [2.75, 3.05) is 25.9 Å². The molecule has 1 aromatic heterocycles. The first-order valence-corrected chi connectivity index (χ1v) is 11.2. The lowest BCUT2D eigenvalue weighted by atomic mass is 10.0. The third-order valence-corrected chi connectivity index (χ3v) is 5.54. The van der Waals surface area contributed by atoms with Crippen LogP contribution in [-0.4, -0.2) is 57.1 Å². The van der Waals surface area contributed by atoms with Crippen molar-refractivity contribution in [3.63, 3.8) is 0 Å². The molecule has 0 aliphatic carbocycles. The smallest absolute Gasteiger partial charge is 0.252 e. The molecule has 7 nitrogen and oxygen atoms in total. The molecular formula is C16H25N3O4S2. The van der Waals surface area contributed by atoms with Crippen LogP contribution < -0.4 is 10.0 Å². The van der Waals surface area contributed by atoms with E-state index in [2.05, 4.69) is 10.0 Å². The fourth-order valence-corrected chi connectivity index (χ4v) is 4.00. The van der Waals surface area contributed by atoms with Gasteiger partial charge < -0.3 is 10.2 Å². The Hall–Kier alpha value is -1.45. The number of likely N-dealkylation sites (tertiary alicyclic amines) is 1. The molecule has 1 unspecified atom stereocenters. The molecule has 0 spiro atoms. The first kappa shape index (κ1) is 19.9. The van der Waals surface area contributed by atoms with Gasteiger partial charge in [-0.3, -0.25) is 9.59 Å². The number of amides is 2. The highest BCUT2D eigenvalue weighted by molar-refractivity contribution is 7.88. The fourth-order valence-electron chi connectivity index (χ4n) is 2.87. The highest BCUT2D eigenvalue weighted by Gasteiger charge is 2.26. The number of nitrogens with zero attached hydrogens (tertiary/aromatic N) is 1. The van der Waals surface area contributed by atoms with Crippen LogP contribution in [0.2, 0.25) is 0 Å². The standard InChI is InChI=1S/C16H25N3O4S2/c1-25(22,23)18-11-14-5-2-3-9-19(14)15(20)6-4-8-17-16(21)13-7-10-24-12-13/h7,10,12,14,18H,2-6,8-9,11H2,1H3,(H,17,21). The monoisotopic (exact) mass is 387 g/mol. The molecule has 1 saturated heterocycles. The van der Waals surface area contributed by atoms with Crippen LogP contribution >= 0.6 is 11.3 Å². The van der Waals surface area contributed by atoms with Crippen LogP contribution in [-0.2, 0) is 14.8 Å². The molecule has 0 aromatic carbocycles. The summed E-state index contributed by atoms with van der Waals surface area (Å²) in [6.07, 6.45) is 4.78. The minimum atomic E-state index is -3.26. The summed E-state index contributed by atoms with van der Waals surface area (Å²) < 4.78 is 25.0. The molecule has 140 valence electrons. The average molecular weight is 388 g/mol. The topological polar surface area (TPSA) is 95.6 Å². The Morgan fingerprint density at radius 3 is 2.84 bits per heavy atom. The van der Waals surface area contributed by atoms with Crippen molar-refractivity contribution in [3.8, 4) is 0 Å². The van der Waals surface area contributed by atoms with Gasteiger partial charge in [0.2, 0.25) is 15.9 Å². The molecule has 0 bridgehead atoms. The Labute approximate surface area is 152 Å². The fraction of sp³-hybridized carbons (Fsp3) is 0.625.